The summed E-state index contributed by atoms with van der Waals surface area (Å²) in [5, 5.41) is 2.52. The molecule has 12 heavy (non-hydrogen) atoms. The Kier molecular flexibility index (Phi) is 5.08. The summed E-state index contributed by atoms with van der Waals surface area (Å²) in [6.07, 6.45) is 1.45. The molecule has 70 valence electrons. The van der Waals surface area contributed by atoms with Gasteiger partial charge in [-0.2, -0.15) is 0 Å². The smallest absolute Gasteiger partial charge is 0.328 e. The van der Waals surface area contributed by atoms with E-state index in [0.717, 1.165) is 6.42 Å². The minimum absolute atomic E-state index is 0.209. The van der Waals surface area contributed by atoms with Crippen LogP contribution in [0.3, 0.4) is 0 Å². The highest BCUT2D eigenvalue weighted by Crippen LogP contribution is 1.98. The quantitative estimate of drug-likeness (QED) is 0.628. The molecule has 1 N–H and O–H groups in total. The molecule has 0 saturated heterocycles. The van der Waals surface area contributed by atoms with E-state index in [0.29, 0.717) is 6.42 Å². The van der Waals surface area contributed by atoms with Crippen molar-refractivity contribution < 1.29 is 14.3 Å². The van der Waals surface area contributed by atoms with E-state index in [-0.39, 0.29) is 11.9 Å². The van der Waals surface area contributed by atoms with Crippen molar-refractivity contribution in [3.8, 4) is 0 Å². The summed E-state index contributed by atoms with van der Waals surface area (Å²) in [5.41, 5.74) is 0. The molecule has 1 atom stereocenters. The lowest BCUT2D eigenvalue weighted by atomic mass is 10.2. The van der Waals surface area contributed by atoms with Gasteiger partial charge in [0, 0.05) is 6.92 Å². The van der Waals surface area contributed by atoms with Gasteiger partial charge < -0.3 is 10.1 Å². The molecule has 0 radical (unpaired) electrons. The van der Waals surface area contributed by atoms with Gasteiger partial charge in [0.15, 0.2) is 0 Å². The second-order valence-electron chi connectivity index (χ2n) is 2.56. The van der Waals surface area contributed by atoms with Crippen LogP contribution in [0, 0.1) is 0 Å². The third-order valence-electron chi connectivity index (χ3n) is 1.44. The Hall–Kier alpha value is -1.06. The van der Waals surface area contributed by atoms with Crippen molar-refractivity contribution in [1.29, 1.82) is 0 Å². The molecule has 0 aliphatic carbocycles. The molecule has 0 aromatic heterocycles. The molecule has 0 aromatic rings. The summed E-state index contributed by atoms with van der Waals surface area (Å²) >= 11 is 0. The predicted molar refractivity (Wildman–Crippen MR) is 44.5 cm³/mol. The van der Waals surface area contributed by atoms with Crippen LogP contribution in [0.5, 0.6) is 0 Å². The minimum Gasteiger partial charge on any atom is -0.467 e. The summed E-state index contributed by atoms with van der Waals surface area (Å²) in [6.45, 7) is 3.32. The van der Waals surface area contributed by atoms with E-state index in [1.165, 1.54) is 14.0 Å². The fourth-order valence-electron chi connectivity index (χ4n) is 0.925. The summed E-state index contributed by atoms with van der Waals surface area (Å²) in [7, 11) is 1.31. The maximum absolute atomic E-state index is 11.0. The third kappa shape index (κ3) is 3.95. The first-order chi connectivity index (χ1) is 5.61. The molecule has 0 unspecified atom stereocenters. The summed E-state index contributed by atoms with van der Waals surface area (Å²) in [4.78, 5) is 21.6. The highest BCUT2D eigenvalue weighted by Gasteiger charge is 2.18. The molecular weight excluding hydrogens is 158 g/mol. The SMILES string of the molecule is CCC[C@@H](NC(C)=O)C(=O)OC. The molecule has 0 aliphatic heterocycles. The Bertz CT molecular complexity index is 168. The number of esters is 1. The maximum atomic E-state index is 11.0. The lowest BCUT2D eigenvalue weighted by Gasteiger charge is -2.13. The first kappa shape index (κ1) is 10.9. The van der Waals surface area contributed by atoms with Crippen LogP contribution in [0.1, 0.15) is 26.7 Å². The maximum Gasteiger partial charge on any atom is 0.328 e. The Morgan fingerprint density at radius 1 is 1.50 bits per heavy atom. The van der Waals surface area contributed by atoms with Crippen LogP contribution >= 0.6 is 0 Å². The summed E-state index contributed by atoms with van der Waals surface area (Å²) < 4.78 is 4.51. The molecule has 0 aliphatic rings. The van der Waals surface area contributed by atoms with Crippen molar-refractivity contribution in [2.24, 2.45) is 0 Å². The van der Waals surface area contributed by atoms with E-state index in [9.17, 15) is 9.59 Å². The second-order valence-corrected chi connectivity index (χ2v) is 2.56. The van der Waals surface area contributed by atoms with Crippen molar-refractivity contribution in [2.45, 2.75) is 32.7 Å². The van der Waals surface area contributed by atoms with Gasteiger partial charge in [-0.1, -0.05) is 13.3 Å². The van der Waals surface area contributed by atoms with Crippen LogP contribution in [-0.2, 0) is 14.3 Å². The molecule has 1 amide bonds. The number of rotatable bonds is 4. The largest absolute Gasteiger partial charge is 0.467 e. The van der Waals surface area contributed by atoms with Gasteiger partial charge in [0.05, 0.1) is 7.11 Å². The van der Waals surface area contributed by atoms with E-state index < -0.39 is 6.04 Å². The standard InChI is InChI=1S/C8H15NO3/c1-4-5-7(8(11)12-3)9-6(2)10/h7H,4-5H2,1-3H3,(H,9,10)/t7-/m1/s1. The van der Waals surface area contributed by atoms with E-state index in [4.69, 9.17) is 0 Å². The molecule has 4 nitrogen and oxygen atoms in total. The highest BCUT2D eigenvalue weighted by molar-refractivity contribution is 5.83. The van der Waals surface area contributed by atoms with Gasteiger partial charge in [-0.25, -0.2) is 4.79 Å². The number of carbonyl (C=O) groups excluding carboxylic acids is 2. The molecule has 4 heteroatoms. The molecule has 0 bridgehead atoms. The zero-order valence-electron chi connectivity index (χ0n) is 7.72. The first-order valence-corrected chi connectivity index (χ1v) is 3.96. The predicted octanol–water partition coefficient (Wildman–Crippen LogP) is 0.464. The zero-order valence-corrected chi connectivity index (χ0v) is 7.72. The number of hydrogen-bond acceptors (Lipinski definition) is 3. The van der Waals surface area contributed by atoms with Crippen LogP contribution in [0.4, 0.5) is 0 Å². The highest BCUT2D eigenvalue weighted by atomic mass is 16.5. The normalized spacial score (nSPS) is 11.9. The van der Waals surface area contributed by atoms with Crippen molar-refractivity contribution in [2.75, 3.05) is 7.11 Å². The van der Waals surface area contributed by atoms with Crippen LogP contribution in [0.25, 0.3) is 0 Å². The monoisotopic (exact) mass is 173 g/mol. The lowest BCUT2D eigenvalue weighted by molar-refractivity contribution is -0.145. The molecular formula is C8H15NO3. The van der Waals surface area contributed by atoms with Crippen LogP contribution < -0.4 is 5.32 Å². The number of ether oxygens (including phenoxy) is 1. The van der Waals surface area contributed by atoms with Gasteiger partial charge in [-0.05, 0) is 6.42 Å². The van der Waals surface area contributed by atoms with Crippen molar-refractivity contribution in [3.63, 3.8) is 0 Å². The van der Waals surface area contributed by atoms with Gasteiger partial charge in [-0.3, -0.25) is 4.79 Å². The van der Waals surface area contributed by atoms with Crippen molar-refractivity contribution in [1.82, 2.24) is 5.32 Å². The average Bonchev–Trinajstić information content (AvgIpc) is 2.01. The first-order valence-electron chi connectivity index (χ1n) is 3.96. The van der Waals surface area contributed by atoms with Gasteiger partial charge in [0.2, 0.25) is 5.91 Å². The lowest BCUT2D eigenvalue weighted by Crippen LogP contribution is -2.40. The van der Waals surface area contributed by atoms with Gasteiger partial charge in [0.25, 0.3) is 0 Å². The van der Waals surface area contributed by atoms with Gasteiger partial charge in [-0.15, -0.1) is 0 Å². The molecule has 0 rings (SSSR count). The number of carbonyl (C=O) groups is 2. The second kappa shape index (κ2) is 5.57. The minimum atomic E-state index is -0.488. The van der Waals surface area contributed by atoms with E-state index in [1.807, 2.05) is 6.92 Å². The van der Waals surface area contributed by atoms with Crippen LogP contribution in [-0.4, -0.2) is 25.0 Å². The topological polar surface area (TPSA) is 55.4 Å². The molecule has 0 heterocycles. The van der Waals surface area contributed by atoms with E-state index >= 15 is 0 Å². The van der Waals surface area contributed by atoms with Crippen LogP contribution in [0.15, 0.2) is 0 Å². The number of hydrogen-bond donors (Lipinski definition) is 1. The Morgan fingerprint density at radius 2 is 2.08 bits per heavy atom. The van der Waals surface area contributed by atoms with E-state index in [2.05, 4.69) is 10.1 Å². The van der Waals surface area contributed by atoms with Gasteiger partial charge in [0.1, 0.15) is 6.04 Å². The van der Waals surface area contributed by atoms with Crippen LogP contribution in [0.2, 0.25) is 0 Å². The number of amides is 1. The molecule has 0 fully saturated rings. The fourth-order valence-corrected chi connectivity index (χ4v) is 0.925. The Morgan fingerprint density at radius 3 is 2.42 bits per heavy atom. The summed E-state index contributed by atoms with van der Waals surface area (Å²) in [6, 6.07) is -0.488. The Balaban J connectivity index is 4.02. The number of methoxy groups -OCH3 is 1. The molecule has 0 aromatic carbocycles. The Labute approximate surface area is 72.3 Å². The van der Waals surface area contributed by atoms with E-state index in [1.54, 1.807) is 0 Å². The molecule has 0 spiro atoms. The molecule has 0 saturated carbocycles. The third-order valence-corrected chi connectivity index (χ3v) is 1.44. The number of nitrogens with one attached hydrogen (secondary N) is 1. The summed E-state index contributed by atoms with van der Waals surface area (Å²) in [5.74, 6) is -0.592. The van der Waals surface area contributed by atoms with Crippen molar-refractivity contribution >= 4 is 11.9 Å². The van der Waals surface area contributed by atoms with Gasteiger partial charge >= 0.3 is 5.97 Å². The van der Waals surface area contributed by atoms with Crippen molar-refractivity contribution in [3.05, 3.63) is 0 Å². The average molecular weight is 173 g/mol. The fraction of sp³-hybridized carbons (Fsp3) is 0.750. The zero-order chi connectivity index (χ0) is 9.56.